The number of ether oxygens (including phenoxy) is 2. The summed E-state index contributed by atoms with van der Waals surface area (Å²) in [6.45, 7) is -0.0480. The molecule has 1 rings (SSSR count). The van der Waals surface area contributed by atoms with Crippen molar-refractivity contribution in [3.05, 3.63) is 29.8 Å². The van der Waals surface area contributed by atoms with Crippen LogP contribution in [0.2, 0.25) is 0 Å². The Morgan fingerprint density at radius 3 is 2.92 bits per heavy atom. The molecule has 0 atom stereocenters. The first-order chi connectivity index (χ1) is 6.24. The second-order valence-corrected chi connectivity index (χ2v) is 2.46. The summed E-state index contributed by atoms with van der Waals surface area (Å²) in [5.74, 6) is -0.436. The largest absolute Gasteiger partial charge is 0.435 e. The molecule has 0 radical (unpaired) electrons. The first-order valence-corrected chi connectivity index (χ1v) is 3.75. The molecular weight excluding hydrogens is 170 g/mol. The van der Waals surface area contributed by atoms with Gasteiger partial charge in [0.25, 0.3) is 0 Å². The van der Waals surface area contributed by atoms with Gasteiger partial charge < -0.3 is 15.2 Å². The van der Waals surface area contributed by atoms with E-state index in [1.165, 1.54) is 7.11 Å². The lowest BCUT2D eigenvalue weighted by Gasteiger charge is -2.03. The highest BCUT2D eigenvalue weighted by Crippen LogP contribution is 2.07. The van der Waals surface area contributed by atoms with E-state index < -0.39 is 5.97 Å². The standard InChI is InChI=1S/C9H11NO3/c1-12-6-13-9(11)7-3-2-4-8(10)5-7/h2-5H,6,10H2,1H3. The van der Waals surface area contributed by atoms with E-state index in [-0.39, 0.29) is 6.79 Å². The van der Waals surface area contributed by atoms with E-state index >= 15 is 0 Å². The first kappa shape index (κ1) is 9.54. The van der Waals surface area contributed by atoms with Gasteiger partial charge in [0.05, 0.1) is 5.56 Å². The Labute approximate surface area is 76.3 Å². The number of carbonyl (C=O) groups is 1. The molecule has 0 heterocycles. The van der Waals surface area contributed by atoms with E-state index in [9.17, 15) is 4.79 Å². The third-order valence-electron chi connectivity index (χ3n) is 1.43. The molecule has 4 heteroatoms. The number of nitrogen functional groups attached to an aromatic ring is 1. The predicted octanol–water partition coefficient (Wildman–Crippen LogP) is 1.03. The van der Waals surface area contributed by atoms with Crippen LogP contribution in [0.15, 0.2) is 24.3 Å². The molecule has 0 fully saturated rings. The van der Waals surface area contributed by atoms with Crippen molar-refractivity contribution in [2.24, 2.45) is 0 Å². The molecule has 0 aliphatic rings. The van der Waals surface area contributed by atoms with Gasteiger partial charge in [-0.2, -0.15) is 0 Å². The SMILES string of the molecule is COCOC(=O)c1cccc(N)c1. The average molecular weight is 181 g/mol. The summed E-state index contributed by atoms with van der Waals surface area (Å²) in [4.78, 5) is 11.2. The third kappa shape index (κ3) is 2.76. The number of carbonyl (C=O) groups excluding carboxylic acids is 1. The van der Waals surface area contributed by atoms with Gasteiger partial charge >= 0.3 is 5.97 Å². The van der Waals surface area contributed by atoms with Crippen molar-refractivity contribution in [2.45, 2.75) is 0 Å². The highest BCUT2D eigenvalue weighted by Gasteiger charge is 2.05. The summed E-state index contributed by atoms with van der Waals surface area (Å²) < 4.78 is 9.31. The molecule has 70 valence electrons. The van der Waals surface area contributed by atoms with Gasteiger partial charge in [-0.15, -0.1) is 0 Å². The van der Waals surface area contributed by atoms with Crippen LogP contribution in [0.3, 0.4) is 0 Å². The van der Waals surface area contributed by atoms with Crippen LogP contribution in [0, 0.1) is 0 Å². The molecule has 0 saturated heterocycles. The number of hydrogen-bond donors (Lipinski definition) is 1. The first-order valence-electron chi connectivity index (χ1n) is 3.75. The summed E-state index contributed by atoms with van der Waals surface area (Å²) in [6, 6.07) is 6.58. The van der Waals surface area contributed by atoms with Crippen molar-refractivity contribution in [2.75, 3.05) is 19.6 Å². The zero-order valence-corrected chi connectivity index (χ0v) is 7.32. The highest BCUT2D eigenvalue weighted by molar-refractivity contribution is 5.90. The van der Waals surface area contributed by atoms with Crippen molar-refractivity contribution in [3.8, 4) is 0 Å². The Morgan fingerprint density at radius 1 is 1.54 bits per heavy atom. The Balaban J connectivity index is 2.66. The van der Waals surface area contributed by atoms with Crippen LogP contribution >= 0.6 is 0 Å². The van der Waals surface area contributed by atoms with Crippen LogP contribution in [0.25, 0.3) is 0 Å². The molecule has 0 bridgehead atoms. The molecule has 1 aromatic carbocycles. The molecule has 0 aliphatic heterocycles. The molecule has 2 N–H and O–H groups in total. The van der Waals surface area contributed by atoms with Gasteiger partial charge in [-0.25, -0.2) is 4.79 Å². The van der Waals surface area contributed by atoms with Crippen molar-refractivity contribution >= 4 is 11.7 Å². The minimum absolute atomic E-state index is 0.0480. The van der Waals surface area contributed by atoms with Crippen LogP contribution in [-0.2, 0) is 9.47 Å². The lowest BCUT2D eigenvalue weighted by Crippen LogP contribution is -2.07. The number of esters is 1. The van der Waals surface area contributed by atoms with Crippen molar-refractivity contribution in [1.82, 2.24) is 0 Å². The lowest BCUT2D eigenvalue weighted by molar-refractivity contribution is -0.0124. The summed E-state index contributed by atoms with van der Waals surface area (Å²) >= 11 is 0. The zero-order chi connectivity index (χ0) is 9.68. The smallest absolute Gasteiger partial charge is 0.340 e. The van der Waals surface area contributed by atoms with Crippen LogP contribution in [0.4, 0.5) is 5.69 Å². The zero-order valence-electron chi connectivity index (χ0n) is 7.32. The summed E-state index contributed by atoms with van der Waals surface area (Å²) in [5.41, 5.74) is 6.45. The molecule has 0 amide bonds. The van der Waals surface area contributed by atoms with Gasteiger partial charge in [0, 0.05) is 12.8 Å². The lowest BCUT2D eigenvalue weighted by atomic mass is 10.2. The summed E-state index contributed by atoms with van der Waals surface area (Å²) in [5, 5.41) is 0. The van der Waals surface area contributed by atoms with Crippen molar-refractivity contribution in [3.63, 3.8) is 0 Å². The van der Waals surface area contributed by atoms with Gasteiger partial charge in [0.1, 0.15) is 0 Å². The van der Waals surface area contributed by atoms with Crippen LogP contribution < -0.4 is 5.73 Å². The van der Waals surface area contributed by atoms with E-state index in [0.29, 0.717) is 11.3 Å². The number of benzene rings is 1. The number of anilines is 1. The molecule has 0 spiro atoms. The number of hydrogen-bond acceptors (Lipinski definition) is 4. The van der Waals surface area contributed by atoms with Crippen LogP contribution in [0.1, 0.15) is 10.4 Å². The van der Waals surface area contributed by atoms with Crippen molar-refractivity contribution in [1.29, 1.82) is 0 Å². The molecule has 0 aliphatic carbocycles. The maximum Gasteiger partial charge on any atom is 0.340 e. The minimum atomic E-state index is -0.436. The van der Waals surface area contributed by atoms with E-state index in [1.54, 1.807) is 24.3 Å². The molecule has 0 aromatic heterocycles. The van der Waals surface area contributed by atoms with Crippen LogP contribution in [0.5, 0.6) is 0 Å². The fraction of sp³-hybridized carbons (Fsp3) is 0.222. The maximum absolute atomic E-state index is 11.2. The topological polar surface area (TPSA) is 61.5 Å². The fourth-order valence-corrected chi connectivity index (χ4v) is 0.861. The Hall–Kier alpha value is -1.55. The van der Waals surface area contributed by atoms with Crippen molar-refractivity contribution < 1.29 is 14.3 Å². The van der Waals surface area contributed by atoms with E-state index in [4.69, 9.17) is 10.5 Å². The maximum atomic E-state index is 11.2. The van der Waals surface area contributed by atoms with Gasteiger partial charge in [-0.05, 0) is 18.2 Å². The number of methoxy groups -OCH3 is 1. The third-order valence-corrected chi connectivity index (χ3v) is 1.43. The normalized spacial score (nSPS) is 9.62. The number of nitrogens with two attached hydrogens (primary N) is 1. The minimum Gasteiger partial charge on any atom is -0.435 e. The number of rotatable bonds is 3. The quantitative estimate of drug-likeness (QED) is 0.429. The Bertz CT molecular complexity index is 299. The molecular formula is C9H11NO3. The van der Waals surface area contributed by atoms with Crippen LogP contribution in [-0.4, -0.2) is 19.9 Å². The van der Waals surface area contributed by atoms with Gasteiger partial charge in [0.15, 0.2) is 6.79 Å². The van der Waals surface area contributed by atoms with E-state index in [1.807, 2.05) is 0 Å². The molecule has 0 saturated carbocycles. The van der Waals surface area contributed by atoms with Gasteiger partial charge in [-0.3, -0.25) is 0 Å². The summed E-state index contributed by atoms with van der Waals surface area (Å²) in [7, 11) is 1.45. The molecule has 0 unspecified atom stereocenters. The van der Waals surface area contributed by atoms with E-state index in [0.717, 1.165) is 0 Å². The predicted molar refractivity (Wildman–Crippen MR) is 48.1 cm³/mol. The fourth-order valence-electron chi connectivity index (χ4n) is 0.861. The highest BCUT2D eigenvalue weighted by atomic mass is 16.7. The Morgan fingerprint density at radius 2 is 2.31 bits per heavy atom. The van der Waals surface area contributed by atoms with Gasteiger partial charge in [-0.1, -0.05) is 6.07 Å². The second kappa shape index (κ2) is 4.47. The molecule has 13 heavy (non-hydrogen) atoms. The Kier molecular flexibility index (Phi) is 3.28. The molecule has 4 nitrogen and oxygen atoms in total. The monoisotopic (exact) mass is 181 g/mol. The van der Waals surface area contributed by atoms with Gasteiger partial charge in [0.2, 0.25) is 0 Å². The van der Waals surface area contributed by atoms with E-state index in [2.05, 4.69) is 4.74 Å². The summed E-state index contributed by atoms with van der Waals surface area (Å²) in [6.07, 6.45) is 0. The average Bonchev–Trinajstić information content (AvgIpc) is 2.14. The second-order valence-electron chi connectivity index (χ2n) is 2.46. The molecule has 1 aromatic rings.